The molecule has 0 saturated heterocycles. The van der Waals surface area contributed by atoms with Gasteiger partial charge >= 0.3 is 0 Å². The van der Waals surface area contributed by atoms with Crippen LogP contribution in [0.2, 0.25) is 5.02 Å². The molecule has 0 fully saturated rings. The van der Waals surface area contributed by atoms with E-state index in [-0.39, 0.29) is 6.04 Å². The molecule has 3 nitrogen and oxygen atoms in total. The Bertz CT molecular complexity index is 584. The molecule has 20 heavy (non-hydrogen) atoms. The van der Waals surface area contributed by atoms with Crippen molar-refractivity contribution in [2.45, 2.75) is 19.6 Å². The van der Waals surface area contributed by atoms with Gasteiger partial charge in [-0.3, -0.25) is 0 Å². The Morgan fingerprint density at radius 3 is 2.70 bits per heavy atom. The fourth-order valence-corrected chi connectivity index (χ4v) is 2.11. The van der Waals surface area contributed by atoms with Crippen molar-refractivity contribution in [3.8, 4) is 11.5 Å². The maximum Gasteiger partial charge on any atom is 0.124 e. The molecule has 4 heteroatoms. The first-order valence-electron chi connectivity index (χ1n) is 6.41. The minimum atomic E-state index is -0.131. The highest BCUT2D eigenvalue weighted by molar-refractivity contribution is 6.30. The van der Waals surface area contributed by atoms with E-state index in [2.05, 4.69) is 0 Å². The Balaban J connectivity index is 2.14. The van der Waals surface area contributed by atoms with Gasteiger partial charge in [-0.25, -0.2) is 0 Å². The monoisotopic (exact) mass is 291 g/mol. The lowest BCUT2D eigenvalue weighted by atomic mass is 10.1. The van der Waals surface area contributed by atoms with Crippen LogP contribution in [-0.4, -0.2) is 7.11 Å². The molecule has 0 radical (unpaired) electrons. The van der Waals surface area contributed by atoms with Crippen LogP contribution in [0, 0.1) is 0 Å². The van der Waals surface area contributed by atoms with Crippen LogP contribution in [0.15, 0.2) is 42.5 Å². The SMILES string of the molecule is COc1cccc(COc2ccc(Cl)cc2[C@H](C)N)c1. The molecule has 0 amide bonds. The summed E-state index contributed by atoms with van der Waals surface area (Å²) in [5.41, 5.74) is 7.88. The van der Waals surface area contributed by atoms with Gasteiger partial charge in [0, 0.05) is 16.6 Å². The average molecular weight is 292 g/mol. The molecule has 2 N–H and O–H groups in total. The van der Waals surface area contributed by atoms with Gasteiger partial charge in [0.15, 0.2) is 0 Å². The maximum atomic E-state index is 5.99. The summed E-state index contributed by atoms with van der Waals surface area (Å²) in [5.74, 6) is 1.57. The summed E-state index contributed by atoms with van der Waals surface area (Å²) in [4.78, 5) is 0. The second-order valence-electron chi connectivity index (χ2n) is 4.61. The number of hydrogen-bond donors (Lipinski definition) is 1. The Kier molecular flexibility index (Phi) is 4.88. The molecule has 0 aromatic heterocycles. The molecule has 2 aromatic rings. The van der Waals surface area contributed by atoms with Crippen LogP contribution < -0.4 is 15.2 Å². The van der Waals surface area contributed by atoms with Crippen molar-refractivity contribution in [1.29, 1.82) is 0 Å². The summed E-state index contributed by atoms with van der Waals surface area (Å²) in [6, 6.07) is 13.1. The molecular formula is C16H18ClNO2. The fraction of sp³-hybridized carbons (Fsp3) is 0.250. The van der Waals surface area contributed by atoms with Gasteiger partial charge in [-0.2, -0.15) is 0 Å². The number of hydrogen-bond acceptors (Lipinski definition) is 3. The Labute approximate surface area is 124 Å². The van der Waals surface area contributed by atoms with E-state index in [4.69, 9.17) is 26.8 Å². The second-order valence-corrected chi connectivity index (χ2v) is 5.05. The van der Waals surface area contributed by atoms with Crippen molar-refractivity contribution < 1.29 is 9.47 Å². The van der Waals surface area contributed by atoms with Crippen LogP contribution in [0.1, 0.15) is 24.1 Å². The Hall–Kier alpha value is -1.71. The summed E-state index contributed by atoms with van der Waals surface area (Å²) in [5, 5.41) is 0.658. The molecule has 0 unspecified atom stereocenters. The molecule has 1 atom stereocenters. The molecule has 2 aromatic carbocycles. The number of rotatable bonds is 5. The third-order valence-corrected chi connectivity index (χ3v) is 3.23. The van der Waals surface area contributed by atoms with E-state index in [1.165, 1.54) is 0 Å². The molecule has 2 rings (SSSR count). The topological polar surface area (TPSA) is 44.5 Å². The molecule has 0 bridgehead atoms. The first-order valence-corrected chi connectivity index (χ1v) is 6.78. The Morgan fingerprint density at radius 1 is 1.20 bits per heavy atom. The number of nitrogens with two attached hydrogens (primary N) is 1. The molecule has 106 valence electrons. The average Bonchev–Trinajstić information content (AvgIpc) is 2.46. The highest BCUT2D eigenvalue weighted by atomic mass is 35.5. The van der Waals surface area contributed by atoms with Crippen molar-refractivity contribution >= 4 is 11.6 Å². The highest BCUT2D eigenvalue weighted by Crippen LogP contribution is 2.28. The lowest BCUT2D eigenvalue weighted by Crippen LogP contribution is -2.08. The van der Waals surface area contributed by atoms with Crippen LogP contribution in [0.4, 0.5) is 0 Å². The van der Waals surface area contributed by atoms with Gasteiger partial charge in [-0.1, -0.05) is 23.7 Å². The lowest BCUT2D eigenvalue weighted by molar-refractivity contribution is 0.300. The zero-order valence-electron chi connectivity index (χ0n) is 11.6. The second kappa shape index (κ2) is 6.64. The van der Waals surface area contributed by atoms with Crippen LogP contribution in [0.3, 0.4) is 0 Å². The minimum Gasteiger partial charge on any atom is -0.497 e. The zero-order valence-corrected chi connectivity index (χ0v) is 12.4. The van der Waals surface area contributed by atoms with Crippen molar-refractivity contribution in [2.75, 3.05) is 7.11 Å². The van der Waals surface area contributed by atoms with Gasteiger partial charge < -0.3 is 15.2 Å². The summed E-state index contributed by atoms with van der Waals surface area (Å²) in [7, 11) is 1.65. The van der Waals surface area contributed by atoms with Crippen LogP contribution in [0.25, 0.3) is 0 Å². The van der Waals surface area contributed by atoms with Gasteiger partial charge in [0.05, 0.1) is 7.11 Å². The molecular weight excluding hydrogens is 274 g/mol. The summed E-state index contributed by atoms with van der Waals surface area (Å²) < 4.78 is 11.0. The maximum absolute atomic E-state index is 5.99. The third-order valence-electron chi connectivity index (χ3n) is 2.99. The van der Waals surface area contributed by atoms with Gasteiger partial charge in [0.25, 0.3) is 0 Å². The molecule has 0 aliphatic rings. The van der Waals surface area contributed by atoms with E-state index in [1.54, 1.807) is 13.2 Å². The third kappa shape index (κ3) is 3.65. The van der Waals surface area contributed by atoms with E-state index >= 15 is 0 Å². The van der Waals surface area contributed by atoms with E-state index in [1.807, 2.05) is 43.3 Å². The Morgan fingerprint density at radius 2 is 2.00 bits per heavy atom. The normalized spacial score (nSPS) is 12.0. The lowest BCUT2D eigenvalue weighted by Gasteiger charge is -2.14. The zero-order chi connectivity index (χ0) is 14.5. The number of benzene rings is 2. The van der Waals surface area contributed by atoms with E-state index in [0.29, 0.717) is 11.6 Å². The number of methoxy groups -OCH3 is 1. The van der Waals surface area contributed by atoms with Crippen LogP contribution >= 0.6 is 11.6 Å². The highest BCUT2D eigenvalue weighted by Gasteiger charge is 2.09. The van der Waals surface area contributed by atoms with Crippen LogP contribution in [-0.2, 0) is 6.61 Å². The van der Waals surface area contributed by atoms with Crippen molar-refractivity contribution in [3.05, 3.63) is 58.6 Å². The van der Waals surface area contributed by atoms with Crippen molar-refractivity contribution in [1.82, 2.24) is 0 Å². The largest absolute Gasteiger partial charge is 0.497 e. The van der Waals surface area contributed by atoms with Gasteiger partial charge in [-0.05, 0) is 42.8 Å². The van der Waals surface area contributed by atoms with E-state index in [0.717, 1.165) is 22.6 Å². The molecule has 0 heterocycles. The summed E-state index contributed by atoms with van der Waals surface area (Å²) in [6.45, 7) is 2.36. The number of halogens is 1. The first kappa shape index (κ1) is 14.7. The minimum absolute atomic E-state index is 0.131. The predicted octanol–water partition coefficient (Wildman–Crippen LogP) is 3.95. The van der Waals surface area contributed by atoms with Crippen molar-refractivity contribution in [2.24, 2.45) is 5.73 Å². The van der Waals surface area contributed by atoms with Crippen molar-refractivity contribution in [3.63, 3.8) is 0 Å². The van der Waals surface area contributed by atoms with Gasteiger partial charge in [-0.15, -0.1) is 0 Å². The fourth-order valence-electron chi connectivity index (χ4n) is 1.93. The quantitative estimate of drug-likeness (QED) is 0.907. The van der Waals surface area contributed by atoms with Gasteiger partial charge in [0.1, 0.15) is 18.1 Å². The molecule has 0 saturated carbocycles. The summed E-state index contributed by atoms with van der Waals surface area (Å²) in [6.07, 6.45) is 0. The summed E-state index contributed by atoms with van der Waals surface area (Å²) >= 11 is 5.99. The molecule has 0 aliphatic heterocycles. The smallest absolute Gasteiger partial charge is 0.124 e. The van der Waals surface area contributed by atoms with Gasteiger partial charge in [0.2, 0.25) is 0 Å². The first-order chi connectivity index (χ1) is 9.60. The molecule has 0 aliphatic carbocycles. The number of ether oxygens (including phenoxy) is 2. The molecule has 0 spiro atoms. The van der Waals surface area contributed by atoms with E-state index in [9.17, 15) is 0 Å². The standard InChI is InChI=1S/C16H18ClNO2/c1-11(18)15-9-13(17)6-7-16(15)20-10-12-4-3-5-14(8-12)19-2/h3-9,11H,10,18H2,1-2H3/t11-/m0/s1. The van der Waals surface area contributed by atoms with E-state index < -0.39 is 0 Å². The predicted molar refractivity (Wildman–Crippen MR) is 81.4 cm³/mol. The van der Waals surface area contributed by atoms with Crippen LogP contribution in [0.5, 0.6) is 11.5 Å².